The van der Waals surface area contributed by atoms with E-state index >= 15 is 0 Å². The Hall–Kier alpha value is -2.80. The van der Waals surface area contributed by atoms with Gasteiger partial charge in [0.25, 0.3) is 0 Å². The summed E-state index contributed by atoms with van der Waals surface area (Å²) in [5.74, 6) is 0.0474. The molecule has 0 atom stereocenters. The van der Waals surface area contributed by atoms with Crippen LogP contribution in [0.2, 0.25) is 0 Å². The summed E-state index contributed by atoms with van der Waals surface area (Å²) in [4.78, 5) is 12.7. The number of hydrogen-bond acceptors (Lipinski definition) is 6. The molecule has 0 amide bonds. The van der Waals surface area contributed by atoms with Gasteiger partial charge < -0.3 is 4.74 Å². The zero-order valence-corrected chi connectivity index (χ0v) is 11.6. The molecule has 0 saturated heterocycles. The van der Waals surface area contributed by atoms with E-state index in [1.807, 2.05) is 17.5 Å². The van der Waals surface area contributed by atoms with Crippen molar-refractivity contribution in [2.24, 2.45) is 0 Å². The van der Waals surface area contributed by atoms with Gasteiger partial charge in [-0.1, -0.05) is 6.07 Å². The molecule has 0 unspecified atom stereocenters. The third kappa shape index (κ3) is 3.40. The van der Waals surface area contributed by atoms with Gasteiger partial charge in [0.15, 0.2) is 0 Å². The lowest BCUT2D eigenvalue weighted by Gasteiger charge is -2.03. The van der Waals surface area contributed by atoms with Crippen LogP contribution in [-0.2, 0) is 4.79 Å². The lowest BCUT2D eigenvalue weighted by molar-refractivity contribution is -0.128. The Morgan fingerprint density at radius 3 is 2.76 bits per heavy atom. The molecule has 2 aromatic heterocycles. The molecule has 7 heteroatoms. The van der Waals surface area contributed by atoms with Gasteiger partial charge in [-0.25, -0.2) is 9.48 Å². The average molecular weight is 298 g/mol. The van der Waals surface area contributed by atoms with Gasteiger partial charge >= 0.3 is 5.97 Å². The first-order valence-electron chi connectivity index (χ1n) is 6.08. The number of hydrogen-bond donors (Lipinski definition) is 0. The van der Waals surface area contributed by atoms with Crippen molar-refractivity contribution in [1.82, 2.24) is 20.2 Å². The van der Waals surface area contributed by atoms with E-state index in [1.165, 1.54) is 17.1 Å². The molecule has 0 spiro atoms. The first kappa shape index (κ1) is 13.2. The number of benzene rings is 1. The minimum atomic E-state index is -0.418. The first-order chi connectivity index (χ1) is 10.3. The molecule has 0 aliphatic carbocycles. The number of carbonyl (C=O) groups excluding carboxylic acids is 1. The third-order valence-electron chi connectivity index (χ3n) is 2.60. The molecule has 0 radical (unpaired) electrons. The maximum Gasteiger partial charge on any atom is 0.336 e. The van der Waals surface area contributed by atoms with Crippen molar-refractivity contribution >= 4 is 23.4 Å². The van der Waals surface area contributed by atoms with E-state index in [-0.39, 0.29) is 0 Å². The molecule has 0 fully saturated rings. The number of rotatable bonds is 4. The third-order valence-corrected chi connectivity index (χ3v) is 3.43. The van der Waals surface area contributed by atoms with Gasteiger partial charge in [-0.3, -0.25) is 0 Å². The zero-order valence-electron chi connectivity index (χ0n) is 10.8. The van der Waals surface area contributed by atoms with E-state index in [2.05, 4.69) is 15.5 Å². The van der Waals surface area contributed by atoms with Crippen molar-refractivity contribution in [3.8, 4) is 11.4 Å². The monoisotopic (exact) mass is 298 g/mol. The van der Waals surface area contributed by atoms with E-state index in [4.69, 9.17) is 4.74 Å². The van der Waals surface area contributed by atoms with Gasteiger partial charge in [-0.15, -0.1) is 16.4 Å². The molecule has 0 N–H and O–H groups in total. The highest BCUT2D eigenvalue weighted by molar-refractivity contribution is 7.10. The number of tetrazole rings is 1. The van der Waals surface area contributed by atoms with Crippen LogP contribution in [0, 0.1) is 0 Å². The lowest BCUT2D eigenvalue weighted by Crippen LogP contribution is -2.03. The topological polar surface area (TPSA) is 69.9 Å². The summed E-state index contributed by atoms with van der Waals surface area (Å²) in [7, 11) is 0. The largest absolute Gasteiger partial charge is 0.423 e. The Bertz CT molecular complexity index is 734. The molecule has 6 nitrogen and oxygen atoms in total. The summed E-state index contributed by atoms with van der Waals surface area (Å²) in [6, 6.07) is 10.8. The molecule has 21 heavy (non-hydrogen) atoms. The van der Waals surface area contributed by atoms with Crippen molar-refractivity contribution in [3.63, 3.8) is 0 Å². The molecule has 3 rings (SSSR count). The highest BCUT2D eigenvalue weighted by Gasteiger charge is 2.02. The summed E-state index contributed by atoms with van der Waals surface area (Å²) < 4.78 is 6.72. The lowest BCUT2D eigenvalue weighted by atomic mass is 10.3. The van der Waals surface area contributed by atoms with Crippen LogP contribution in [-0.4, -0.2) is 26.2 Å². The predicted octanol–water partition coefficient (Wildman–Crippen LogP) is 2.34. The SMILES string of the molecule is O=C(/C=C/c1cccs1)Oc1ccc(-n2cnnn2)cc1. The molecular formula is C14H10N4O2S. The Morgan fingerprint density at radius 2 is 2.10 bits per heavy atom. The second-order valence-corrected chi connectivity index (χ2v) is 5.00. The number of nitrogens with zero attached hydrogens (tertiary/aromatic N) is 4. The number of thiophene rings is 1. The number of esters is 1. The van der Waals surface area contributed by atoms with Crippen LogP contribution in [0.3, 0.4) is 0 Å². The Kier molecular flexibility index (Phi) is 3.83. The summed E-state index contributed by atoms with van der Waals surface area (Å²) in [6.45, 7) is 0. The molecular weight excluding hydrogens is 288 g/mol. The van der Waals surface area contributed by atoms with E-state index in [1.54, 1.807) is 41.7 Å². The molecule has 2 heterocycles. The second-order valence-electron chi connectivity index (χ2n) is 4.02. The van der Waals surface area contributed by atoms with Crippen molar-refractivity contribution in [1.29, 1.82) is 0 Å². The fourth-order valence-electron chi connectivity index (χ4n) is 1.63. The average Bonchev–Trinajstić information content (AvgIpc) is 3.19. The van der Waals surface area contributed by atoms with Crippen LogP contribution in [0.1, 0.15) is 4.88 Å². The van der Waals surface area contributed by atoms with E-state index < -0.39 is 5.97 Å². The number of aromatic nitrogens is 4. The predicted molar refractivity (Wildman–Crippen MR) is 78.1 cm³/mol. The summed E-state index contributed by atoms with van der Waals surface area (Å²) in [5.41, 5.74) is 0.786. The van der Waals surface area contributed by atoms with Crippen LogP contribution in [0.15, 0.2) is 54.2 Å². The van der Waals surface area contributed by atoms with Gasteiger partial charge in [-0.2, -0.15) is 0 Å². The fourth-order valence-corrected chi connectivity index (χ4v) is 2.25. The minimum absolute atomic E-state index is 0.418. The van der Waals surface area contributed by atoms with Crippen LogP contribution in [0.25, 0.3) is 11.8 Å². The highest BCUT2D eigenvalue weighted by Crippen LogP contribution is 2.15. The highest BCUT2D eigenvalue weighted by atomic mass is 32.1. The molecule has 1 aromatic carbocycles. The van der Waals surface area contributed by atoms with Gasteiger partial charge in [0, 0.05) is 11.0 Å². The molecule has 104 valence electrons. The van der Waals surface area contributed by atoms with Crippen molar-refractivity contribution in [2.45, 2.75) is 0 Å². The minimum Gasteiger partial charge on any atom is -0.423 e. The van der Waals surface area contributed by atoms with Gasteiger partial charge in [0.2, 0.25) is 0 Å². The van der Waals surface area contributed by atoms with Crippen LogP contribution in [0.5, 0.6) is 5.75 Å². The van der Waals surface area contributed by atoms with E-state index in [0.717, 1.165) is 10.6 Å². The van der Waals surface area contributed by atoms with E-state index in [0.29, 0.717) is 5.75 Å². The zero-order chi connectivity index (χ0) is 14.5. The maximum atomic E-state index is 11.7. The summed E-state index contributed by atoms with van der Waals surface area (Å²) >= 11 is 1.56. The standard InChI is InChI=1S/C14H10N4O2S/c19-14(8-7-13-2-1-9-21-13)20-12-5-3-11(4-6-12)18-10-15-16-17-18/h1-10H/b8-7+. The van der Waals surface area contributed by atoms with Crippen LogP contribution < -0.4 is 4.74 Å². The van der Waals surface area contributed by atoms with Crippen molar-refractivity contribution < 1.29 is 9.53 Å². The van der Waals surface area contributed by atoms with Gasteiger partial charge in [0.1, 0.15) is 12.1 Å². The normalized spacial score (nSPS) is 10.9. The summed E-state index contributed by atoms with van der Waals surface area (Å²) in [5, 5.41) is 12.8. The molecule has 0 bridgehead atoms. The Labute approximate surface area is 124 Å². The Balaban J connectivity index is 1.64. The second kappa shape index (κ2) is 6.10. The maximum absolute atomic E-state index is 11.7. The quantitative estimate of drug-likeness (QED) is 0.420. The van der Waals surface area contributed by atoms with Crippen LogP contribution >= 0.6 is 11.3 Å². The molecule has 3 aromatic rings. The molecule has 0 aliphatic rings. The van der Waals surface area contributed by atoms with Gasteiger partial charge in [-0.05, 0) is 52.2 Å². The Morgan fingerprint density at radius 1 is 1.24 bits per heavy atom. The first-order valence-corrected chi connectivity index (χ1v) is 6.96. The van der Waals surface area contributed by atoms with Crippen molar-refractivity contribution in [3.05, 3.63) is 59.1 Å². The van der Waals surface area contributed by atoms with Gasteiger partial charge in [0.05, 0.1) is 5.69 Å². The molecule has 0 aliphatic heterocycles. The van der Waals surface area contributed by atoms with Crippen LogP contribution in [0.4, 0.5) is 0 Å². The molecule has 0 saturated carbocycles. The van der Waals surface area contributed by atoms with Crippen molar-refractivity contribution in [2.75, 3.05) is 0 Å². The number of ether oxygens (including phenoxy) is 1. The van der Waals surface area contributed by atoms with E-state index in [9.17, 15) is 4.79 Å². The fraction of sp³-hybridized carbons (Fsp3) is 0. The smallest absolute Gasteiger partial charge is 0.336 e. The number of carbonyl (C=O) groups is 1. The summed E-state index contributed by atoms with van der Waals surface area (Å²) in [6.07, 6.45) is 4.62.